The van der Waals surface area contributed by atoms with Gasteiger partial charge in [0.25, 0.3) is 5.91 Å². The van der Waals surface area contributed by atoms with Crippen LogP contribution in [0.15, 0.2) is 36.5 Å². The molecule has 0 spiro atoms. The molecule has 2 aromatic rings. The van der Waals surface area contributed by atoms with Gasteiger partial charge in [-0.1, -0.05) is 13.0 Å². The van der Waals surface area contributed by atoms with Gasteiger partial charge in [0.05, 0.1) is 17.3 Å². The molecule has 0 aromatic carbocycles. The topological polar surface area (TPSA) is 62.3 Å². The predicted octanol–water partition coefficient (Wildman–Crippen LogP) is 3.19. The quantitative estimate of drug-likeness (QED) is 0.864. The van der Waals surface area contributed by atoms with Gasteiger partial charge in [-0.2, -0.15) is 0 Å². The summed E-state index contributed by atoms with van der Waals surface area (Å²) in [4.78, 5) is 32.8. The monoisotopic (exact) mass is 357 g/mol. The molecule has 1 fully saturated rings. The van der Waals surface area contributed by atoms with E-state index in [0.717, 1.165) is 36.4 Å². The van der Waals surface area contributed by atoms with E-state index in [2.05, 4.69) is 10.3 Å². The van der Waals surface area contributed by atoms with Crippen LogP contribution in [0.4, 0.5) is 0 Å². The van der Waals surface area contributed by atoms with Gasteiger partial charge in [0, 0.05) is 29.9 Å². The lowest BCUT2D eigenvalue weighted by Crippen LogP contribution is -2.31. The zero-order chi connectivity index (χ0) is 17.6. The number of nitrogens with one attached hydrogen (secondary N) is 1. The Balaban J connectivity index is 1.68. The predicted molar refractivity (Wildman–Crippen MR) is 98.6 cm³/mol. The molecule has 6 heteroatoms. The highest BCUT2D eigenvalue weighted by atomic mass is 32.1. The van der Waals surface area contributed by atoms with E-state index in [4.69, 9.17) is 0 Å². The Morgan fingerprint density at radius 3 is 2.96 bits per heavy atom. The van der Waals surface area contributed by atoms with Crippen LogP contribution < -0.4 is 5.32 Å². The first-order chi connectivity index (χ1) is 12.2. The Morgan fingerprint density at radius 2 is 2.20 bits per heavy atom. The summed E-state index contributed by atoms with van der Waals surface area (Å²) in [6.45, 7) is 3.49. The SMILES string of the molecule is CCCNC(=O)c1ccc(C2CCCN2C(=O)Cc2ccccn2)s1. The first kappa shape index (κ1) is 17.6. The van der Waals surface area contributed by atoms with Crippen LogP contribution in [0.5, 0.6) is 0 Å². The van der Waals surface area contributed by atoms with Gasteiger partial charge in [0.2, 0.25) is 5.91 Å². The van der Waals surface area contributed by atoms with Crippen molar-refractivity contribution in [2.24, 2.45) is 0 Å². The number of carbonyl (C=O) groups is 2. The maximum Gasteiger partial charge on any atom is 0.261 e. The highest BCUT2D eigenvalue weighted by Gasteiger charge is 2.31. The Labute approximate surface area is 152 Å². The molecule has 3 heterocycles. The second-order valence-electron chi connectivity index (χ2n) is 6.20. The van der Waals surface area contributed by atoms with E-state index in [0.29, 0.717) is 17.8 Å². The number of pyridine rings is 1. The van der Waals surface area contributed by atoms with Crippen molar-refractivity contribution < 1.29 is 9.59 Å². The third-order valence-electron chi connectivity index (χ3n) is 4.35. The Kier molecular flexibility index (Phi) is 5.81. The number of hydrogen-bond acceptors (Lipinski definition) is 4. The minimum atomic E-state index is -0.0255. The van der Waals surface area contributed by atoms with Gasteiger partial charge in [-0.25, -0.2) is 0 Å². The third kappa shape index (κ3) is 4.25. The van der Waals surface area contributed by atoms with Crippen molar-refractivity contribution >= 4 is 23.2 Å². The fraction of sp³-hybridized carbons (Fsp3) is 0.421. The zero-order valence-electron chi connectivity index (χ0n) is 14.4. The molecule has 0 radical (unpaired) electrons. The molecule has 1 saturated heterocycles. The largest absolute Gasteiger partial charge is 0.351 e. The second-order valence-corrected chi connectivity index (χ2v) is 7.32. The summed E-state index contributed by atoms with van der Waals surface area (Å²) in [7, 11) is 0. The Bertz CT molecular complexity index is 729. The standard InChI is InChI=1S/C19H23N3O2S/c1-2-10-21-19(24)17-9-8-16(25-17)15-7-5-12-22(15)18(23)13-14-6-3-4-11-20-14/h3-4,6,8-9,11,15H,2,5,7,10,12-13H2,1H3,(H,21,24). The zero-order valence-corrected chi connectivity index (χ0v) is 15.2. The smallest absolute Gasteiger partial charge is 0.261 e. The minimum absolute atomic E-state index is 0.0255. The lowest BCUT2D eigenvalue weighted by molar-refractivity contribution is -0.131. The summed E-state index contributed by atoms with van der Waals surface area (Å²) < 4.78 is 0. The summed E-state index contributed by atoms with van der Waals surface area (Å²) in [5, 5.41) is 2.90. The van der Waals surface area contributed by atoms with Gasteiger partial charge in [0.15, 0.2) is 0 Å². The molecule has 0 saturated carbocycles. The van der Waals surface area contributed by atoms with E-state index in [-0.39, 0.29) is 17.9 Å². The number of rotatable bonds is 6. The van der Waals surface area contributed by atoms with E-state index in [1.165, 1.54) is 11.3 Å². The van der Waals surface area contributed by atoms with Crippen LogP contribution in [0.1, 0.15) is 52.5 Å². The van der Waals surface area contributed by atoms with Gasteiger partial charge < -0.3 is 10.2 Å². The lowest BCUT2D eigenvalue weighted by atomic mass is 10.1. The molecular formula is C19H23N3O2S. The maximum absolute atomic E-state index is 12.7. The fourth-order valence-corrected chi connectivity index (χ4v) is 4.17. The summed E-state index contributed by atoms with van der Waals surface area (Å²) in [6.07, 6.45) is 4.90. The third-order valence-corrected chi connectivity index (χ3v) is 5.53. The van der Waals surface area contributed by atoms with Crippen molar-refractivity contribution in [3.05, 3.63) is 52.0 Å². The van der Waals surface area contributed by atoms with Crippen molar-refractivity contribution in [1.82, 2.24) is 15.2 Å². The average Bonchev–Trinajstić information content (AvgIpc) is 3.29. The first-order valence-corrected chi connectivity index (χ1v) is 9.58. The van der Waals surface area contributed by atoms with Crippen molar-refractivity contribution in [3.8, 4) is 0 Å². The molecule has 132 valence electrons. The van der Waals surface area contributed by atoms with Crippen molar-refractivity contribution in [2.45, 2.75) is 38.6 Å². The van der Waals surface area contributed by atoms with Gasteiger partial charge in [-0.15, -0.1) is 11.3 Å². The van der Waals surface area contributed by atoms with Gasteiger partial charge in [-0.05, 0) is 43.5 Å². The molecule has 2 amide bonds. The molecular weight excluding hydrogens is 334 g/mol. The number of aromatic nitrogens is 1. The summed E-state index contributed by atoms with van der Waals surface area (Å²) >= 11 is 1.49. The molecule has 0 aliphatic carbocycles. The molecule has 25 heavy (non-hydrogen) atoms. The summed E-state index contributed by atoms with van der Waals surface area (Å²) in [5.41, 5.74) is 0.795. The summed E-state index contributed by atoms with van der Waals surface area (Å²) in [5.74, 6) is 0.0778. The van der Waals surface area contributed by atoms with Gasteiger partial charge >= 0.3 is 0 Å². The van der Waals surface area contributed by atoms with Crippen LogP contribution in [0.25, 0.3) is 0 Å². The fourth-order valence-electron chi connectivity index (χ4n) is 3.10. The maximum atomic E-state index is 12.7. The number of hydrogen-bond donors (Lipinski definition) is 1. The van der Waals surface area contributed by atoms with Crippen LogP contribution >= 0.6 is 11.3 Å². The molecule has 1 atom stereocenters. The molecule has 0 bridgehead atoms. The number of thiophene rings is 1. The Hall–Kier alpha value is -2.21. The van der Waals surface area contributed by atoms with E-state index in [1.807, 2.05) is 42.2 Å². The number of amides is 2. The van der Waals surface area contributed by atoms with E-state index in [1.54, 1.807) is 6.20 Å². The Morgan fingerprint density at radius 1 is 1.32 bits per heavy atom. The van der Waals surface area contributed by atoms with E-state index >= 15 is 0 Å². The second kappa shape index (κ2) is 8.25. The molecule has 1 unspecified atom stereocenters. The number of carbonyl (C=O) groups excluding carboxylic acids is 2. The van der Waals surface area contributed by atoms with Crippen LogP contribution in [-0.4, -0.2) is 34.8 Å². The normalized spacial score (nSPS) is 16.8. The van der Waals surface area contributed by atoms with Crippen molar-refractivity contribution in [3.63, 3.8) is 0 Å². The highest BCUT2D eigenvalue weighted by Crippen LogP contribution is 2.36. The lowest BCUT2D eigenvalue weighted by Gasteiger charge is -2.23. The van der Waals surface area contributed by atoms with Crippen LogP contribution in [0.2, 0.25) is 0 Å². The summed E-state index contributed by atoms with van der Waals surface area (Å²) in [6, 6.07) is 9.56. The van der Waals surface area contributed by atoms with E-state index in [9.17, 15) is 9.59 Å². The van der Waals surface area contributed by atoms with Crippen molar-refractivity contribution in [1.29, 1.82) is 0 Å². The van der Waals surface area contributed by atoms with Crippen LogP contribution in [0, 0.1) is 0 Å². The molecule has 3 rings (SSSR count). The van der Waals surface area contributed by atoms with Gasteiger partial charge in [0.1, 0.15) is 0 Å². The van der Waals surface area contributed by atoms with Crippen LogP contribution in [0.3, 0.4) is 0 Å². The molecule has 5 nitrogen and oxygen atoms in total. The highest BCUT2D eigenvalue weighted by molar-refractivity contribution is 7.14. The van der Waals surface area contributed by atoms with E-state index < -0.39 is 0 Å². The minimum Gasteiger partial charge on any atom is -0.351 e. The molecule has 1 aliphatic rings. The number of likely N-dealkylation sites (tertiary alicyclic amines) is 1. The average molecular weight is 357 g/mol. The molecule has 1 N–H and O–H groups in total. The first-order valence-electron chi connectivity index (χ1n) is 8.76. The molecule has 2 aromatic heterocycles. The number of nitrogens with zero attached hydrogens (tertiary/aromatic N) is 2. The van der Waals surface area contributed by atoms with Gasteiger partial charge in [-0.3, -0.25) is 14.6 Å². The van der Waals surface area contributed by atoms with Crippen molar-refractivity contribution in [2.75, 3.05) is 13.1 Å². The molecule has 1 aliphatic heterocycles. The van der Waals surface area contributed by atoms with Crippen LogP contribution in [-0.2, 0) is 11.2 Å².